The van der Waals surface area contributed by atoms with Crippen LogP contribution < -0.4 is 4.74 Å². The Balaban J connectivity index is 1.59. The number of fused-ring (bicyclic) bond motifs is 2. The van der Waals surface area contributed by atoms with Crippen molar-refractivity contribution in [3.8, 4) is 5.75 Å². The van der Waals surface area contributed by atoms with Crippen molar-refractivity contribution < 1.29 is 4.74 Å². The molecule has 0 saturated heterocycles. The number of aromatic nitrogens is 4. The molecule has 2 aromatic heterocycles. The minimum atomic E-state index is 0.723. The maximum absolute atomic E-state index is 5.24. The molecule has 6 heteroatoms. The average molecular weight is 336 g/mol. The highest BCUT2D eigenvalue weighted by Crippen LogP contribution is 2.26. The molecule has 0 bridgehead atoms. The van der Waals surface area contributed by atoms with Gasteiger partial charge >= 0.3 is 0 Å². The van der Waals surface area contributed by atoms with Crippen LogP contribution in [-0.4, -0.2) is 27.0 Å². The molecule has 2 aromatic carbocycles. The van der Waals surface area contributed by atoms with Crippen molar-refractivity contribution in [3.05, 3.63) is 53.9 Å². The Morgan fingerprint density at radius 2 is 1.79 bits per heavy atom. The summed E-state index contributed by atoms with van der Waals surface area (Å²) in [6, 6.07) is 13.8. The molecule has 5 nitrogen and oxygen atoms in total. The smallest absolute Gasteiger partial charge is 0.166 e. The Hall–Kier alpha value is -2.60. The lowest BCUT2D eigenvalue weighted by Gasteiger charge is -2.05. The van der Waals surface area contributed by atoms with Gasteiger partial charge in [-0.25, -0.2) is 15.0 Å². The van der Waals surface area contributed by atoms with Gasteiger partial charge < -0.3 is 9.72 Å². The van der Waals surface area contributed by atoms with Crippen LogP contribution in [0.3, 0.4) is 0 Å². The number of hydrogen-bond donors (Lipinski definition) is 1. The predicted molar refractivity (Wildman–Crippen MR) is 96.5 cm³/mol. The highest BCUT2D eigenvalue weighted by atomic mass is 32.2. The first kappa shape index (κ1) is 15.0. The number of nitrogens with zero attached hydrogens (tertiary/aromatic N) is 3. The number of H-pyrrole nitrogens is 1. The monoisotopic (exact) mass is 336 g/mol. The van der Waals surface area contributed by atoms with Gasteiger partial charge in [0.1, 0.15) is 5.75 Å². The molecule has 0 fully saturated rings. The van der Waals surface area contributed by atoms with Crippen molar-refractivity contribution in [2.45, 2.75) is 17.8 Å². The van der Waals surface area contributed by atoms with Crippen LogP contribution >= 0.6 is 11.8 Å². The van der Waals surface area contributed by atoms with Crippen molar-refractivity contribution in [1.29, 1.82) is 0 Å². The van der Waals surface area contributed by atoms with Gasteiger partial charge in [0.25, 0.3) is 0 Å². The number of para-hydroxylation sites is 2. The van der Waals surface area contributed by atoms with Gasteiger partial charge in [0, 0.05) is 11.8 Å². The first-order chi connectivity index (χ1) is 11.7. The first-order valence-corrected chi connectivity index (χ1v) is 8.60. The zero-order valence-electron chi connectivity index (χ0n) is 13.4. The van der Waals surface area contributed by atoms with Crippen LogP contribution in [0.5, 0.6) is 5.75 Å². The molecule has 0 saturated carbocycles. The van der Waals surface area contributed by atoms with Gasteiger partial charge in [0.2, 0.25) is 0 Å². The Labute approximate surface area is 143 Å². The van der Waals surface area contributed by atoms with E-state index in [4.69, 9.17) is 9.72 Å². The van der Waals surface area contributed by atoms with Crippen molar-refractivity contribution >= 4 is 33.8 Å². The molecule has 0 aliphatic carbocycles. The summed E-state index contributed by atoms with van der Waals surface area (Å²) in [5.74, 6) is 1.54. The minimum absolute atomic E-state index is 0.723. The Morgan fingerprint density at radius 3 is 2.58 bits per heavy atom. The zero-order chi connectivity index (χ0) is 16.5. The third kappa shape index (κ3) is 2.80. The molecule has 2 heterocycles. The van der Waals surface area contributed by atoms with E-state index in [1.165, 1.54) is 0 Å². The lowest BCUT2D eigenvalue weighted by atomic mass is 10.2. The van der Waals surface area contributed by atoms with E-state index in [9.17, 15) is 0 Å². The van der Waals surface area contributed by atoms with Gasteiger partial charge in [-0.15, -0.1) is 0 Å². The maximum atomic E-state index is 5.24. The van der Waals surface area contributed by atoms with E-state index >= 15 is 0 Å². The molecule has 0 unspecified atom stereocenters. The van der Waals surface area contributed by atoms with Crippen LogP contribution in [0.25, 0.3) is 22.1 Å². The SMILES string of the molecule is COc1ccc2nc(SCc3nc4ccccc4nc3C)[nH]c2c1. The molecular weight excluding hydrogens is 320 g/mol. The summed E-state index contributed by atoms with van der Waals surface area (Å²) < 4.78 is 5.24. The minimum Gasteiger partial charge on any atom is -0.497 e. The Morgan fingerprint density at radius 1 is 1.00 bits per heavy atom. The van der Waals surface area contributed by atoms with Crippen molar-refractivity contribution in [1.82, 2.24) is 19.9 Å². The number of hydrogen-bond acceptors (Lipinski definition) is 5. The van der Waals surface area contributed by atoms with Crippen LogP contribution in [0.4, 0.5) is 0 Å². The number of nitrogens with one attached hydrogen (secondary N) is 1. The lowest BCUT2D eigenvalue weighted by molar-refractivity contribution is 0.415. The van der Waals surface area contributed by atoms with Crippen molar-refractivity contribution in [2.24, 2.45) is 0 Å². The van der Waals surface area contributed by atoms with Gasteiger partial charge in [0.15, 0.2) is 5.16 Å². The fourth-order valence-corrected chi connectivity index (χ4v) is 3.45. The van der Waals surface area contributed by atoms with E-state index in [-0.39, 0.29) is 0 Å². The summed E-state index contributed by atoms with van der Waals surface area (Å²) >= 11 is 1.63. The number of ether oxygens (including phenoxy) is 1. The third-order valence-electron chi connectivity index (χ3n) is 3.86. The second kappa shape index (κ2) is 6.13. The van der Waals surface area contributed by atoms with Gasteiger partial charge in [-0.3, -0.25) is 0 Å². The Bertz CT molecular complexity index is 1030. The number of imidazole rings is 1. The second-order valence-electron chi connectivity index (χ2n) is 5.46. The number of rotatable bonds is 4. The van der Waals surface area contributed by atoms with E-state index in [0.29, 0.717) is 0 Å². The first-order valence-electron chi connectivity index (χ1n) is 7.62. The molecule has 1 N–H and O–H groups in total. The number of methoxy groups -OCH3 is 1. The lowest BCUT2D eigenvalue weighted by Crippen LogP contribution is -1.97. The molecule has 4 rings (SSSR count). The molecule has 0 amide bonds. The number of benzene rings is 2. The van der Waals surface area contributed by atoms with Crippen LogP contribution in [-0.2, 0) is 5.75 Å². The third-order valence-corrected chi connectivity index (χ3v) is 4.74. The normalized spacial score (nSPS) is 11.2. The molecule has 0 radical (unpaired) electrons. The highest BCUT2D eigenvalue weighted by molar-refractivity contribution is 7.98. The van der Waals surface area contributed by atoms with Gasteiger partial charge in [-0.2, -0.15) is 0 Å². The second-order valence-corrected chi connectivity index (χ2v) is 6.42. The summed E-state index contributed by atoms with van der Waals surface area (Å²) in [6.45, 7) is 2.00. The molecule has 0 spiro atoms. The van der Waals surface area contributed by atoms with Crippen LogP contribution in [0, 0.1) is 6.92 Å². The number of aromatic amines is 1. The maximum Gasteiger partial charge on any atom is 0.166 e. The van der Waals surface area contributed by atoms with E-state index in [1.54, 1.807) is 18.9 Å². The molecule has 0 atom stereocenters. The quantitative estimate of drug-likeness (QED) is 0.568. The molecule has 24 heavy (non-hydrogen) atoms. The topological polar surface area (TPSA) is 63.7 Å². The summed E-state index contributed by atoms with van der Waals surface area (Å²) in [6.07, 6.45) is 0. The van der Waals surface area contributed by atoms with E-state index in [1.807, 2.05) is 49.4 Å². The molecule has 120 valence electrons. The number of aryl methyl sites for hydroxylation is 1. The highest BCUT2D eigenvalue weighted by Gasteiger charge is 2.09. The molecule has 0 aliphatic heterocycles. The average Bonchev–Trinajstić information content (AvgIpc) is 3.01. The molecule has 0 aliphatic rings. The van der Waals surface area contributed by atoms with Gasteiger partial charge in [0.05, 0.1) is 40.6 Å². The number of thioether (sulfide) groups is 1. The van der Waals surface area contributed by atoms with Gasteiger partial charge in [-0.05, 0) is 31.2 Å². The largest absolute Gasteiger partial charge is 0.497 e. The summed E-state index contributed by atoms with van der Waals surface area (Å²) in [4.78, 5) is 17.3. The van der Waals surface area contributed by atoms with E-state index in [2.05, 4.69) is 15.0 Å². The van der Waals surface area contributed by atoms with Crippen LogP contribution in [0.15, 0.2) is 47.6 Å². The standard InChI is InChI=1S/C18H16N4OS/c1-11-17(20-14-6-4-3-5-13(14)19-11)10-24-18-21-15-8-7-12(23-2)9-16(15)22-18/h3-9H,10H2,1-2H3,(H,21,22). The zero-order valence-corrected chi connectivity index (χ0v) is 14.2. The molecular formula is C18H16N4OS. The van der Waals surface area contributed by atoms with Crippen molar-refractivity contribution in [3.63, 3.8) is 0 Å². The predicted octanol–water partition coefficient (Wildman–Crippen LogP) is 4.12. The fraction of sp³-hybridized carbons (Fsp3) is 0.167. The summed E-state index contributed by atoms with van der Waals surface area (Å²) in [5, 5.41) is 0.868. The van der Waals surface area contributed by atoms with Gasteiger partial charge in [-0.1, -0.05) is 23.9 Å². The van der Waals surface area contributed by atoms with E-state index < -0.39 is 0 Å². The Kier molecular flexibility index (Phi) is 3.82. The van der Waals surface area contributed by atoms with Crippen molar-refractivity contribution in [2.75, 3.05) is 7.11 Å². The van der Waals surface area contributed by atoms with Crippen LogP contribution in [0.1, 0.15) is 11.4 Å². The summed E-state index contributed by atoms with van der Waals surface area (Å²) in [5.41, 5.74) is 5.70. The van der Waals surface area contributed by atoms with E-state index in [0.717, 1.165) is 50.1 Å². The van der Waals surface area contributed by atoms with Crippen LogP contribution in [0.2, 0.25) is 0 Å². The fourth-order valence-electron chi connectivity index (χ4n) is 2.56. The molecule has 4 aromatic rings. The summed E-state index contributed by atoms with van der Waals surface area (Å²) in [7, 11) is 1.66.